The summed E-state index contributed by atoms with van der Waals surface area (Å²) in [7, 11) is 0. The number of rotatable bonds is 6. The summed E-state index contributed by atoms with van der Waals surface area (Å²) >= 11 is 0. The Bertz CT molecular complexity index is 112. The summed E-state index contributed by atoms with van der Waals surface area (Å²) in [4.78, 5) is 10.3. The first-order valence-corrected chi connectivity index (χ1v) is 3.99. The minimum absolute atomic E-state index is 0.329. The molecule has 0 saturated heterocycles. The molecular formula is C8H16O3. The molecule has 0 aromatic heterocycles. The molecule has 0 amide bonds. The predicted molar refractivity (Wildman–Crippen MR) is 42.5 cm³/mol. The fourth-order valence-corrected chi connectivity index (χ4v) is 0.578. The first-order valence-electron chi connectivity index (χ1n) is 3.99. The lowest BCUT2D eigenvalue weighted by Crippen LogP contribution is -2.16. The van der Waals surface area contributed by atoms with E-state index in [0.29, 0.717) is 13.2 Å². The molecule has 0 radical (unpaired) electrons. The Hall–Kier alpha value is -0.570. The van der Waals surface area contributed by atoms with Crippen molar-refractivity contribution in [3.63, 3.8) is 0 Å². The largest absolute Gasteiger partial charge is 0.481 e. The molecule has 1 N–H and O–H groups in total. The average molecular weight is 160 g/mol. The number of unbranched alkanes of at least 4 members (excludes halogenated alkanes) is 1. The second-order valence-corrected chi connectivity index (χ2v) is 2.67. The summed E-state index contributed by atoms with van der Waals surface area (Å²) in [6, 6.07) is 0. The van der Waals surface area contributed by atoms with Gasteiger partial charge in [0.25, 0.3) is 0 Å². The Morgan fingerprint density at radius 2 is 2.27 bits per heavy atom. The lowest BCUT2D eigenvalue weighted by Gasteiger charge is -2.06. The van der Waals surface area contributed by atoms with E-state index >= 15 is 0 Å². The minimum atomic E-state index is -0.790. The Morgan fingerprint density at radius 1 is 1.64 bits per heavy atom. The first-order chi connectivity index (χ1) is 5.18. The van der Waals surface area contributed by atoms with Gasteiger partial charge in [-0.25, -0.2) is 0 Å². The summed E-state index contributed by atoms with van der Waals surface area (Å²) in [6.45, 7) is 4.72. The van der Waals surface area contributed by atoms with Crippen molar-refractivity contribution in [2.24, 2.45) is 5.92 Å². The molecule has 0 aliphatic rings. The van der Waals surface area contributed by atoms with E-state index in [4.69, 9.17) is 9.84 Å². The zero-order chi connectivity index (χ0) is 8.69. The quantitative estimate of drug-likeness (QED) is 0.599. The van der Waals surface area contributed by atoms with Gasteiger partial charge in [0.15, 0.2) is 0 Å². The van der Waals surface area contributed by atoms with Crippen LogP contribution in [0.15, 0.2) is 0 Å². The summed E-state index contributed by atoms with van der Waals surface area (Å²) in [5.74, 6) is -1.17. The van der Waals surface area contributed by atoms with Gasteiger partial charge >= 0.3 is 5.97 Å². The van der Waals surface area contributed by atoms with Gasteiger partial charge in [0.2, 0.25) is 0 Å². The molecule has 0 bridgehead atoms. The lowest BCUT2D eigenvalue weighted by molar-refractivity contribution is -0.143. The number of carboxylic acid groups (broad SMARTS) is 1. The molecule has 0 aromatic rings. The molecule has 3 heteroatoms. The standard InChI is InChI=1S/C8H16O3/c1-3-4-5-11-6-7(2)8(9)10/h7H,3-6H2,1-2H3,(H,9,10)/t7-/m0/s1. The van der Waals surface area contributed by atoms with Crippen LogP contribution in [0.3, 0.4) is 0 Å². The molecular weight excluding hydrogens is 144 g/mol. The molecule has 0 unspecified atom stereocenters. The molecule has 0 fully saturated rings. The zero-order valence-corrected chi connectivity index (χ0v) is 7.17. The number of aliphatic carboxylic acids is 1. The Morgan fingerprint density at radius 3 is 2.73 bits per heavy atom. The Kier molecular flexibility index (Phi) is 5.84. The monoisotopic (exact) mass is 160 g/mol. The molecule has 0 spiro atoms. The summed E-state index contributed by atoms with van der Waals surface area (Å²) < 4.78 is 5.12. The van der Waals surface area contributed by atoms with Crippen LogP contribution >= 0.6 is 0 Å². The molecule has 0 saturated carbocycles. The van der Waals surface area contributed by atoms with Gasteiger partial charge in [-0.2, -0.15) is 0 Å². The highest BCUT2D eigenvalue weighted by Gasteiger charge is 2.09. The van der Waals surface area contributed by atoms with Crippen molar-refractivity contribution in [1.82, 2.24) is 0 Å². The van der Waals surface area contributed by atoms with Crippen LogP contribution in [-0.4, -0.2) is 24.3 Å². The van der Waals surface area contributed by atoms with Crippen LogP contribution in [0.1, 0.15) is 26.7 Å². The maximum Gasteiger partial charge on any atom is 0.308 e. The van der Waals surface area contributed by atoms with Crippen LogP contribution in [0.5, 0.6) is 0 Å². The fraction of sp³-hybridized carbons (Fsp3) is 0.875. The number of carboxylic acids is 1. The topological polar surface area (TPSA) is 46.5 Å². The Balaban J connectivity index is 3.17. The molecule has 1 atom stereocenters. The van der Waals surface area contributed by atoms with Gasteiger partial charge in [-0.05, 0) is 13.3 Å². The number of hydrogen-bond acceptors (Lipinski definition) is 2. The van der Waals surface area contributed by atoms with Gasteiger partial charge < -0.3 is 9.84 Å². The molecule has 0 aromatic carbocycles. The maximum absolute atomic E-state index is 10.3. The Labute approximate surface area is 67.4 Å². The molecule has 11 heavy (non-hydrogen) atoms. The van der Waals surface area contributed by atoms with Crippen molar-refractivity contribution in [3.05, 3.63) is 0 Å². The highest BCUT2D eigenvalue weighted by molar-refractivity contribution is 5.69. The van der Waals surface area contributed by atoms with E-state index in [2.05, 4.69) is 6.92 Å². The van der Waals surface area contributed by atoms with Crippen molar-refractivity contribution in [2.45, 2.75) is 26.7 Å². The summed E-state index contributed by atoms with van der Waals surface area (Å²) in [5.41, 5.74) is 0. The molecule has 0 aliphatic heterocycles. The number of ether oxygens (including phenoxy) is 1. The van der Waals surface area contributed by atoms with Gasteiger partial charge in [0.05, 0.1) is 12.5 Å². The summed E-state index contributed by atoms with van der Waals surface area (Å²) in [5, 5.41) is 8.46. The van der Waals surface area contributed by atoms with Crippen LogP contribution in [0.2, 0.25) is 0 Å². The number of hydrogen-bond donors (Lipinski definition) is 1. The van der Waals surface area contributed by atoms with Crippen LogP contribution in [0.25, 0.3) is 0 Å². The van der Waals surface area contributed by atoms with Crippen LogP contribution < -0.4 is 0 Å². The van der Waals surface area contributed by atoms with Crippen molar-refractivity contribution in [2.75, 3.05) is 13.2 Å². The van der Waals surface area contributed by atoms with E-state index in [9.17, 15) is 4.79 Å². The third-order valence-corrected chi connectivity index (χ3v) is 1.43. The second kappa shape index (κ2) is 6.16. The fourth-order valence-electron chi connectivity index (χ4n) is 0.578. The van der Waals surface area contributed by atoms with Crippen LogP contribution in [0, 0.1) is 5.92 Å². The predicted octanol–water partition coefficient (Wildman–Crippen LogP) is 1.52. The van der Waals surface area contributed by atoms with Gasteiger partial charge in [-0.15, -0.1) is 0 Å². The number of carbonyl (C=O) groups is 1. The molecule has 3 nitrogen and oxygen atoms in total. The van der Waals surface area contributed by atoms with E-state index in [0.717, 1.165) is 12.8 Å². The van der Waals surface area contributed by atoms with E-state index in [1.165, 1.54) is 0 Å². The molecule has 0 heterocycles. The highest BCUT2D eigenvalue weighted by Crippen LogP contribution is 1.96. The molecule has 0 rings (SSSR count). The normalized spacial score (nSPS) is 12.9. The minimum Gasteiger partial charge on any atom is -0.481 e. The van der Waals surface area contributed by atoms with Gasteiger partial charge in [0.1, 0.15) is 0 Å². The van der Waals surface area contributed by atoms with Crippen LogP contribution in [-0.2, 0) is 9.53 Å². The van der Waals surface area contributed by atoms with E-state index in [1.807, 2.05) is 0 Å². The third-order valence-electron chi connectivity index (χ3n) is 1.43. The summed E-state index contributed by atoms with van der Waals surface area (Å²) in [6.07, 6.45) is 2.09. The van der Waals surface area contributed by atoms with E-state index < -0.39 is 5.97 Å². The molecule has 0 aliphatic carbocycles. The second-order valence-electron chi connectivity index (χ2n) is 2.67. The van der Waals surface area contributed by atoms with Crippen molar-refractivity contribution >= 4 is 5.97 Å². The van der Waals surface area contributed by atoms with Gasteiger partial charge in [0, 0.05) is 6.61 Å². The smallest absolute Gasteiger partial charge is 0.308 e. The SMILES string of the molecule is CCCCOC[C@H](C)C(=O)O. The van der Waals surface area contributed by atoms with Crippen LogP contribution in [0.4, 0.5) is 0 Å². The van der Waals surface area contributed by atoms with Gasteiger partial charge in [-0.1, -0.05) is 13.3 Å². The van der Waals surface area contributed by atoms with E-state index in [-0.39, 0.29) is 5.92 Å². The maximum atomic E-state index is 10.3. The lowest BCUT2D eigenvalue weighted by atomic mass is 10.2. The zero-order valence-electron chi connectivity index (χ0n) is 7.17. The molecule has 66 valence electrons. The van der Waals surface area contributed by atoms with Crippen molar-refractivity contribution in [1.29, 1.82) is 0 Å². The van der Waals surface area contributed by atoms with Crippen molar-refractivity contribution in [3.8, 4) is 0 Å². The highest BCUT2D eigenvalue weighted by atomic mass is 16.5. The van der Waals surface area contributed by atoms with E-state index in [1.54, 1.807) is 6.92 Å². The van der Waals surface area contributed by atoms with Gasteiger partial charge in [-0.3, -0.25) is 4.79 Å². The average Bonchev–Trinajstić information content (AvgIpc) is 1.97. The third kappa shape index (κ3) is 5.85. The van der Waals surface area contributed by atoms with Crippen molar-refractivity contribution < 1.29 is 14.6 Å². The first kappa shape index (κ1) is 10.4.